The van der Waals surface area contributed by atoms with Crippen LogP contribution in [0.25, 0.3) is 0 Å². The molecule has 0 unspecified atom stereocenters. The molecule has 0 fully saturated rings. The molecule has 0 radical (unpaired) electrons. The third kappa shape index (κ3) is 4.23. The van der Waals surface area contributed by atoms with Crippen molar-refractivity contribution >= 4 is 34.7 Å². The van der Waals surface area contributed by atoms with E-state index >= 15 is 0 Å². The van der Waals surface area contributed by atoms with Crippen LogP contribution in [-0.2, 0) is 20.1 Å². The van der Waals surface area contributed by atoms with Gasteiger partial charge in [0.15, 0.2) is 10.9 Å². The van der Waals surface area contributed by atoms with Crippen LogP contribution in [0.4, 0.5) is 5.82 Å². The fourth-order valence-electron chi connectivity index (χ4n) is 2.55. The zero-order valence-electron chi connectivity index (χ0n) is 15.0. The van der Waals surface area contributed by atoms with E-state index in [2.05, 4.69) is 15.5 Å². The summed E-state index contributed by atoms with van der Waals surface area (Å²) in [7, 11) is 3.88. The van der Waals surface area contributed by atoms with Crippen LogP contribution in [0, 0.1) is 6.92 Å². The Morgan fingerprint density at radius 3 is 2.73 bits per heavy atom. The topological polar surface area (TPSA) is 50.9 Å². The van der Waals surface area contributed by atoms with E-state index in [1.54, 1.807) is 0 Å². The van der Waals surface area contributed by atoms with E-state index < -0.39 is 0 Å². The monoisotopic (exact) mass is 388 g/mol. The minimum Gasteiger partial charge on any atom is -0.348 e. The Labute approximate surface area is 163 Å². The van der Waals surface area contributed by atoms with Gasteiger partial charge in [-0.05, 0) is 30.8 Å². The molecule has 26 heavy (non-hydrogen) atoms. The van der Waals surface area contributed by atoms with Gasteiger partial charge in [-0.25, -0.2) is 0 Å². The first-order valence-electron chi connectivity index (χ1n) is 8.20. The second-order valence-corrected chi connectivity index (χ2v) is 6.95. The predicted molar refractivity (Wildman–Crippen MR) is 108 cm³/mol. The Morgan fingerprint density at radius 1 is 1.27 bits per heavy atom. The number of nitrogens with one attached hydrogen (secondary N) is 1. The van der Waals surface area contributed by atoms with Crippen molar-refractivity contribution in [2.45, 2.75) is 20.0 Å². The summed E-state index contributed by atoms with van der Waals surface area (Å²) in [5.74, 6) is 0.705. The van der Waals surface area contributed by atoms with Crippen molar-refractivity contribution in [3.63, 3.8) is 0 Å². The molecular formula is C18H21ClN6S. The second kappa shape index (κ2) is 7.88. The lowest BCUT2D eigenvalue weighted by molar-refractivity contribution is 0.506. The van der Waals surface area contributed by atoms with Gasteiger partial charge in [0.1, 0.15) is 0 Å². The average molecular weight is 389 g/mol. The molecule has 0 atom stereocenters. The highest BCUT2D eigenvalue weighted by atomic mass is 35.5. The number of nitrogens with zero attached hydrogens (tertiary/aromatic N) is 5. The molecule has 2 heterocycles. The van der Waals surface area contributed by atoms with Crippen molar-refractivity contribution in [2.24, 2.45) is 7.05 Å². The Bertz CT molecular complexity index is 916. The molecule has 0 aliphatic heterocycles. The maximum atomic E-state index is 6.21. The highest BCUT2D eigenvalue weighted by Gasteiger charge is 2.11. The van der Waals surface area contributed by atoms with Crippen LogP contribution in [0.3, 0.4) is 0 Å². The lowest BCUT2D eigenvalue weighted by atomic mass is 10.2. The smallest absolute Gasteiger partial charge is 0.174 e. The maximum absolute atomic E-state index is 6.21. The van der Waals surface area contributed by atoms with E-state index in [4.69, 9.17) is 23.8 Å². The van der Waals surface area contributed by atoms with Crippen molar-refractivity contribution in [1.29, 1.82) is 0 Å². The lowest BCUT2D eigenvalue weighted by Gasteiger charge is -2.20. The molecule has 0 amide bonds. The molecule has 0 aliphatic carbocycles. The van der Waals surface area contributed by atoms with Crippen LogP contribution in [0.2, 0.25) is 5.02 Å². The van der Waals surface area contributed by atoms with Gasteiger partial charge in [0.2, 0.25) is 0 Å². The molecule has 6 nitrogen and oxygen atoms in total. The number of hydrogen-bond acceptors (Lipinski definition) is 3. The average Bonchev–Trinajstić information content (AvgIpc) is 3.18. The zero-order valence-corrected chi connectivity index (χ0v) is 16.6. The van der Waals surface area contributed by atoms with Gasteiger partial charge in [-0.1, -0.05) is 29.8 Å². The Balaban J connectivity index is 1.60. The molecule has 1 aromatic carbocycles. The van der Waals surface area contributed by atoms with Crippen LogP contribution in [0.15, 0.2) is 42.7 Å². The van der Waals surface area contributed by atoms with Crippen molar-refractivity contribution in [2.75, 3.05) is 12.4 Å². The number of hydrogen-bond donors (Lipinski definition) is 1. The Morgan fingerprint density at radius 2 is 2.04 bits per heavy atom. The molecule has 3 rings (SSSR count). The van der Waals surface area contributed by atoms with Gasteiger partial charge >= 0.3 is 0 Å². The van der Waals surface area contributed by atoms with Crippen LogP contribution in [-0.4, -0.2) is 36.6 Å². The second-order valence-electron chi connectivity index (χ2n) is 6.16. The van der Waals surface area contributed by atoms with Gasteiger partial charge in [-0.3, -0.25) is 9.36 Å². The molecule has 0 bridgehead atoms. The highest BCUT2D eigenvalue weighted by molar-refractivity contribution is 7.80. The molecule has 0 saturated heterocycles. The predicted octanol–water partition coefficient (Wildman–Crippen LogP) is 3.46. The van der Waals surface area contributed by atoms with Crippen molar-refractivity contribution < 1.29 is 0 Å². The van der Waals surface area contributed by atoms with E-state index in [0.29, 0.717) is 24.0 Å². The Kier molecular flexibility index (Phi) is 5.58. The molecule has 8 heteroatoms. The van der Waals surface area contributed by atoms with Crippen molar-refractivity contribution in [3.05, 3.63) is 64.6 Å². The number of thiocarbonyl (C=S) groups is 1. The first kappa shape index (κ1) is 18.4. The van der Waals surface area contributed by atoms with E-state index in [-0.39, 0.29) is 0 Å². The summed E-state index contributed by atoms with van der Waals surface area (Å²) in [6, 6.07) is 9.65. The van der Waals surface area contributed by atoms with Crippen molar-refractivity contribution in [1.82, 2.24) is 24.5 Å². The van der Waals surface area contributed by atoms with Gasteiger partial charge in [0.25, 0.3) is 0 Å². The summed E-state index contributed by atoms with van der Waals surface area (Å²) in [6.45, 7) is 3.34. The van der Waals surface area contributed by atoms with Gasteiger partial charge in [0, 0.05) is 49.2 Å². The number of rotatable bonds is 5. The standard InChI is InChI=1S/C18H21ClN6S/c1-13-15(10-20-24(13)3)11-23(2)18(26)21-17-8-9-25(22-17)12-14-6-4-5-7-16(14)19/h4-10H,11-12H2,1-3H3,(H,21,22,26). The molecular weight excluding hydrogens is 368 g/mol. The lowest BCUT2D eigenvalue weighted by Crippen LogP contribution is -2.31. The summed E-state index contributed by atoms with van der Waals surface area (Å²) >= 11 is 11.7. The summed E-state index contributed by atoms with van der Waals surface area (Å²) < 4.78 is 3.69. The first-order chi connectivity index (χ1) is 12.4. The van der Waals surface area contributed by atoms with Crippen molar-refractivity contribution in [3.8, 4) is 0 Å². The summed E-state index contributed by atoms with van der Waals surface area (Å²) in [5.41, 5.74) is 3.29. The number of aromatic nitrogens is 4. The summed E-state index contributed by atoms with van der Waals surface area (Å²) in [5, 5.41) is 13.3. The van der Waals surface area contributed by atoms with Gasteiger partial charge in [-0.15, -0.1) is 0 Å². The van der Waals surface area contributed by atoms with E-state index in [0.717, 1.165) is 21.8 Å². The number of benzene rings is 1. The largest absolute Gasteiger partial charge is 0.348 e. The van der Waals surface area contributed by atoms with Crippen LogP contribution in [0.5, 0.6) is 0 Å². The molecule has 0 saturated carbocycles. The fourth-order valence-corrected chi connectivity index (χ4v) is 2.91. The third-order valence-electron chi connectivity index (χ3n) is 4.26. The number of aryl methyl sites for hydroxylation is 1. The molecule has 2 aromatic heterocycles. The molecule has 3 aromatic rings. The van der Waals surface area contributed by atoms with Crippen LogP contribution in [0.1, 0.15) is 16.8 Å². The van der Waals surface area contributed by atoms with Crippen LogP contribution < -0.4 is 5.32 Å². The number of halogens is 1. The van der Waals surface area contributed by atoms with Gasteiger partial charge < -0.3 is 10.2 Å². The molecule has 1 N–H and O–H groups in total. The van der Waals surface area contributed by atoms with E-state index in [1.807, 2.05) is 78.0 Å². The molecule has 136 valence electrons. The number of anilines is 1. The summed E-state index contributed by atoms with van der Waals surface area (Å²) in [4.78, 5) is 1.96. The first-order valence-corrected chi connectivity index (χ1v) is 8.99. The van der Waals surface area contributed by atoms with E-state index in [1.165, 1.54) is 0 Å². The minimum absolute atomic E-state index is 0.608. The maximum Gasteiger partial charge on any atom is 0.174 e. The fraction of sp³-hybridized carbons (Fsp3) is 0.278. The normalized spacial score (nSPS) is 10.8. The third-order valence-corrected chi connectivity index (χ3v) is 5.04. The van der Waals surface area contributed by atoms with Gasteiger partial charge in [-0.2, -0.15) is 10.2 Å². The summed E-state index contributed by atoms with van der Waals surface area (Å²) in [6.07, 6.45) is 3.77. The molecule has 0 spiro atoms. The minimum atomic E-state index is 0.608. The quantitative estimate of drug-likeness (QED) is 0.678. The highest BCUT2D eigenvalue weighted by Crippen LogP contribution is 2.17. The molecule has 0 aliphatic rings. The van der Waals surface area contributed by atoms with Gasteiger partial charge in [0.05, 0.1) is 12.7 Å². The van der Waals surface area contributed by atoms with E-state index in [9.17, 15) is 0 Å². The SMILES string of the molecule is Cc1c(CN(C)C(=S)Nc2ccn(Cc3ccccc3Cl)n2)cnn1C. The Hall–Kier alpha value is -2.38. The zero-order chi connectivity index (χ0) is 18.7. The van der Waals surface area contributed by atoms with Crippen LogP contribution >= 0.6 is 23.8 Å².